The van der Waals surface area contributed by atoms with Crippen molar-refractivity contribution in [2.75, 3.05) is 26.4 Å². The fourth-order valence-corrected chi connectivity index (χ4v) is 8.66. The third-order valence-electron chi connectivity index (χ3n) is 11.8. The van der Waals surface area contributed by atoms with E-state index in [-0.39, 0.29) is 26.4 Å². The summed E-state index contributed by atoms with van der Waals surface area (Å²) in [4.78, 5) is 0. The molecule has 0 saturated carbocycles. The van der Waals surface area contributed by atoms with Crippen LogP contribution in [-0.2, 0) is 73.8 Å². The molecule has 9 rings (SSSR count). The van der Waals surface area contributed by atoms with Crippen molar-refractivity contribution in [1.82, 2.24) is 0 Å². The molecule has 0 aromatic heterocycles. The molecule has 0 unspecified atom stereocenters. The first-order valence-electron chi connectivity index (χ1n) is 22.1. The van der Waals surface area contributed by atoms with Crippen molar-refractivity contribution in [2.45, 2.75) is 114 Å². The van der Waals surface area contributed by atoms with Crippen LogP contribution in [0.4, 0.5) is 0 Å². The van der Waals surface area contributed by atoms with Gasteiger partial charge in [-0.3, -0.25) is 0 Å². The first-order valence-corrected chi connectivity index (χ1v) is 22.1. The van der Waals surface area contributed by atoms with Gasteiger partial charge in [-0.25, -0.2) is 0 Å². The van der Waals surface area contributed by atoms with Crippen molar-refractivity contribution < 1.29 is 56.8 Å². The molecular weight excluding hydrogens is 817 g/mol. The van der Waals surface area contributed by atoms with E-state index >= 15 is 0 Å². The summed E-state index contributed by atoms with van der Waals surface area (Å²) in [6.07, 6.45) is -3.79. The SMILES string of the molecule is CC1(C)OC[C@]2(OC[C@@H](OCc3ccccc3)[C@@H](OCc3ccccc3)[C@@H]2Oc2cccc(OC[C@H]3O[C@]4(COC(C)(C)O4)[C@@H](OCc4ccccc4)[C@@H]3OCc3ccccc3)c2)O1. The number of benzene rings is 5. The van der Waals surface area contributed by atoms with E-state index in [1.807, 2.05) is 173 Å². The zero-order valence-corrected chi connectivity index (χ0v) is 36.9. The van der Waals surface area contributed by atoms with Crippen molar-refractivity contribution in [2.24, 2.45) is 0 Å². The fourth-order valence-electron chi connectivity index (χ4n) is 8.66. The summed E-state index contributed by atoms with van der Waals surface area (Å²) in [6.45, 7) is 9.39. The van der Waals surface area contributed by atoms with Gasteiger partial charge in [-0.05, 0) is 62.1 Å². The maximum Gasteiger partial charge on any atom is 0.235 e. The molecule has 4 saturated heterocycles. The van der Waals surface area contributed by atoms with E-state index in [1.165, 1.54) is 0 Å². The second-order valence-corrected chi connectivity index (χ2v) is 17.6. The van der Waals surface area contributed by atoms with Crippen LogP contribution in [0, 0.1) is 0 Å². The van der Waals surface area contributed by atoms with Crippen LogP contribution in [-0.4, -0.2) is 86.2 Å². The maximum atomic E-state index is 6.95. The minimum atomic E-state index is -1.30. The van der Waals surface area contributed by atoms with Crippen LogP contribution in [0.5, 0.6) is 11.5 Å². The number of hydrogen-bond donors (Lipinski definition) is 0. The van der Waals surface area contributed by atoms with E-state index in [1.54, 1.807) is 0 Å². The van der Waals surface area contributed by atoms with Gasteiger partial charge in [0.15, 0.2) is 17.7 Å². The largest absolute Gasteiger partial charge is 0.491 e. The summed E-state index contributed by atoms with van der Waals surface area (Å²) < 4.78 is 79.1. The molecule has 4 aliphatic heterocycles. The molecule has 5 aromatic carbocycles. The molecule has 4 heterocycles. The van der Waals surface area contributed by atoms with Crippen LogP contribution in [0.15, 0.2) is 146 Å². The van der Waals surface area contributed by atoms with Crippen molar-refractivity contribution in [3.05, 3.63) is 168 Å². The zero-order valence-electron chi connectivity index (χ0n) is 36.9. The van der Waals surface area contributed by atoms with Crippen molar-refractivity contribution in [1.29, 1.82) is 0 Å². The highest BCUT2D eigenvalue weighted by molar-refractivity contribution is 5.34. The minimum Gasteiger partial charge on any atom is -0.491 e. The lowest BCUT2D eigenvalue weighted by Gasteiger charge is -2.46. The third-order valence-corrected chi connectivity index (χ3v) is 11.8. The molecule has 4 aliphatic rings. The number of hydrogen-bond acceptors (Lipinski definition) is 12. The van der Waals surface area contributed by atoms with E-state index in [0.717, 1.165) is 22.3 Å². The fraction of sp³-hybridized carbons (Fsp3) is 0.423. The standard InChI is InChI=1S/C52H58O12/c1-49(2)59-35-51(63-49)48(45(55-30-38-20-11-6-12-21-38)43(34-58-51)54-29-37-18-9-5-10-19-37)61-42-27-17-26-41(28-42)53-33-44-46(56-31-39-22-13-7-14-23-39)47(57-32-40-24-15-8-16-25-40)52(62-44)36-60-50(3,4)64-52/h5-28,43-48H,29-36H2,1-4H3/t43-,44-,45-,46-,47+,48+,51+,52+/m1/s1. The van der Waals surface area contributed by atoms with Gasteiger partial charge >= 0.3 is 0 Å². The maximum absolute atomic E-state index is 6.95. The summed E-state index contributed by atoms with van der Waals surface area (Å²) in [5.41, 5.74) is 4.07. The van der Waals surface area contributed by atoms with Gasteiger partial charge in [0.1, 0.15) is 61.8 Å². The van der Waals surface area contributed by atoms with Gasteiger partial charge in [0.2, 0.25) is 11.6 Å². The molecular formula is C52H58O12. The molecule has 0 amide bonds. The second kappa shape index (κ2) is 19.4. The molecule has 0 radical (unpaired) electrons. The monoisotopic (exact) mass is 874 g/mol. The van der Waals surface area contributed by atoms with Gasteiger partial charge < -0.3 is 56.8 Å². The van der Waals surface area contributed by atoms with Crippen LogP contribution in [0.2, 0.25) is 0 Å². The summed E-state index contributed by atoms with van der Waals surface area (Å²) >= 11 is 0. The van der Waals surface area contributed by atoms with Gasteiger partial charge in [0.25, 0.3) is 0 Å². The average molecular weight is 875 g/mol. The number of rotatable bonds is 17. The average Bonchev–Trinajstić information content (AvgIpc) is 3.91. The molecule has 0 aliphatic carbocycles. The van der Waals surface area contributed by atoms with Gasteiger partial charge in [-0.2, -0.15) is 0 Å². The van der Waals surface area contributed by atoms with Gasteiger partial charge in [0.05, 0.1) is 33.0 Å². The lowest BCUT2D eigenvalue weighted by atomic mass is 9.96. The second-order valence-electron chi connectivity index (χ2n) is 17.6. The Bertz CT molecular complexity index is 2230. The zero-order chi connectivity index (χ0) is 44.0. The minimum absolute atomic E-state index is 0.111. The Morgan fingerprint density at radius 1 is 0.484 bits per heavy atom. The molecule has 0 N–H and O–H groups in total. The van der Waals surface area contributed by atoms with Crippen molar-refractivity contribution in [3.8, 4) is 11.5 Å². The first-order chi connectivity index (χ1) is 31.1. The van der Waals surface area contributed by atoms with Crippen LogP contribution >= 0.6 is 0 Å². The number of ether oxygens (including phenoxy) is 12. The van der Waals surface area contributed by atoms with Crippen molar-refractivity contribution >= 4 is 0 Å². The topological polar surface area (TPSA) is 111 Å². The van der Waals surface area contributed by atoms with Crippen LogP contribution in [0.3, 0.4) is 0 Å². The van der Waals surface area contributed by atoms with E-state index in [4.69, 9.17) is 56.8 Å². The van der Waals surface area contributed by atoms with Crippen LogP contribution in [0.1, 0.15) is 49.9 Å². The lowest BCUT2D eigenvalue weighted by Crippen LogP contribution is -2.65. The van der Waals surface area contributed by atoms with Gasteiger partial charge in [-0.1, -0.05) is 127 Å². The molecule has 0 bridgehead atoms. The highest BCUT2D eigenvalue weighted by atomic mass is 16.9. The van der Waals surface area contributed by atoms with E-state index < -0.39 is 59.8 Å². The molecule has 5 aromatic rings. The first kappa shape index (κ1) is 44.5. The Morgan fingerprint density at radius 2 is 0.969 bits per heavy atom. The van der Waals surface area contributed by atoms with E-state index in [9.17, 15) is 0 Å². The summed E-state index contributed by atoms with van der Waals surface area (Å²) in [5.74, 6) is -3.32. The molecule has 8 atom stereocenters. The van der Waals surface area contributed by atoms with E-state index in [2.05, 4.69) is 0 Å². The Morgan fingerprint density at radius 3 is 1.50 bits per heavy atom. The summed E-state index contributed by atoms with van der Waals surface area (Å²) in [6, 6.07) is 47.5. The highest BCUT2D eigenvalue weighted by Crippen LogP contribution is 2.46. The van der Waals surface area contributed by atoms with Crippen LogP contribution in [0.25, 0.3) is 0 Å². The van der Waals surface area contributed by atoms with Gasteiger partial charge in [0, 0.05) is 6.07 Å². The summed E-state index contributed by atoms with van der Waals surface area (Å²) in [7, 11) is 0. The molecule has 12 nitrogen and oxygen atoms in total. The van der Waals surface area contributed by atoms with Gasteiger partial charge in [-0.15, -0.1) is 0 Å². The smallest absolute Gasteiger partial charge is 0.235 e. The highest BCUT2D eigenvalue weighted by Gasteiger charge is 2.64. The molecule has 2 spiro atoms. The van der Waals surface area contributed by atoms with Crippen LogP contribution < -0.4 is 9.47 Å². The summed E-state index contributed by atoms with van der Waals surface area (Å²) in [5, 5.41) is 0. The molecule has 338 valence electrons. The molecule has 12 heteroatoms. The Labute approximate surface area is 375 Å². The van der Waals surface area contributed by atoms with Crippen molar-refractivity contribution in [3.63, 3.8) is 0 Å². The predicted molar refractivity (Wildman–Crippen MR) is 235 cm³/mol. The Kier molecular flexibility index (Phi) is 13.5. The third kappa shape index (κ3) is 10.5. The molecule has 4 fully saturated rings. The molecule has 64 heavy (non-hydrogen) atoms. The Balaban J connectivity index is 0.968. The lowest BCUT2D eigenvalue weighted by molar-refractivity contribution is -0.342. The predicted octanol–water partition coefficient (Wildman–Crippen LogP) is 8.54. The normalized spacial score (nSPS) is 29.3. The quantitative estimate of drug-likeness (QED) is 0.0893. The Hall–Kier alpha value is -4.70. The van der Waals surface area contributed by atoms with E-state index in [0.29, 0.717) is 37.9 Å².